The van der Waals surface area contributed by atoms with Crippen LogP contribution in [0.1, 0.15) is 38.7 Å². The number of aliphatic imine (C=N–C) groups is 1. The van der Waals surface area contributed by atoms with E-state index >= 15 is 0 Å². The van der Waals surface area contributed by atoms with Crippen LogP contribution in [0.5, 0.6) is 5.75 Å². The number of hydrogen-bond donors (Lipinski definition) is 2. The Morgan fingerprint density at radius 1 is 1.31 bits per heavy atom. The summed E-state index contributed by atoms with van der Waals surface area (Å²) in [6.45, 7) is 8.27. The zero-order chi connectivity index (χ0) is 18.7. The van der Waals surface area contributed by atoms with E-state index in [1.807, 2.05) is 12.1 Å². The van der Waals surface area contributed by atoms with E-state index in [-0.39, 0.29) is 0 Å². The van der Waals surface area contributed by atoms with Crippen molar-refractivity contribution in [3.05, 3.63) is 29.8 Å². The van der Waals surface area contributed by atoms with Crippen LogP contribution in [0.25, 0.3) is 0 Å². The highest BCUT2D eigenvalue weighted by Gasteiger charge is 2.29. The lowest BCUT2D eigenvalue weighted by Crippen LogP contribution is -2.43. The minimum absolute atomic E-state index is 0.326. The number of methoxy groups -OCH3 is 1. The van der Waals surface area contributed by atoms with Crippen LogP contribution in [-0.2, 0) is 11.3 Å². The molecule has 1 aromatic carbocycles. The first-order valence-corrected chi connectivity index (χ1v) is 10.5. The Balaban J connectivity index is 1.87. The normalized spacial score (nSPS) is 20.2. The van der Waals surface area contributed by atoms with Crippen molar-refractivity contribution in [3.8, 4) is 5.75 Å². The Bertz CT molecular complexity index is 560. The van der Waals surface area contributed by atoms with Gasteiger partial charge in [-0.1, -0.05) is 12.1 Å². The standard InChI is InChI=1S/C20H33N3O2S/c1-4-21-19(23-16-20(2)10-6-13-26-20)22-15-17-8-5-9-18(14-17)25-12-7-11-24-3/h5,8-9,14H,4,6-7,10-13,15-16H2,1-3H3,(H2,21,22,23). The predicted octanol–water partition coefficient (Wildman–Crippen LogP) is 3.44. The number of hydrogen-bond acceptors (Lipinski definition) is 4. The third-order valence-electron chi connectivity index (χ3n) is 4.35. The van der Waals surface area contributed by atoms with Crippen molar-refractivity contribution < 1.29 is 9.47 Å². The second-order valence-electron chi connectivity index (χ2n) is 6.79. The van der Waals surface area contributed by atoms with E-state index in [4.69, 9.17) is 14.5 Å². The molecule has 1 aliphatic heterocycles. The summed E-state index contributed by atoms with van der Waals surface area (Å²) in [7, 11) is 1.71. The van der Waals surface area contributed by atoms with Crippen molar-refractivity contribution in [3.63, 3.8) is 0 Å². The Morgan fingerprint density at radius 2 is 2.19 bits per heavy atom. The first-order chi connectivity index (χ1) is 12.6. The highest BCUT2D eigenvalue weighted by molar-refractivity contribution is 8.00. The maximum absolute atomic E-state index is 5.77. The molecule has 0 aromatic heterocycles. The quantitative estimate of drug-likeness (QED) is 0.370. The molecule has 0 bridgehead atoms. The molecule has 0 radical (unpaired) electrons. The van der Waals surface area contributed by atoms with Gasteiger partial charge in [0.1, 0.15) is 5.75 Å². The molecule has 1 aromatic rings. The summed E-state index contributed by atoms with van der Waals surface area (Å²) in [5.74, 6) is 3.04. The lowest BCUT2D eigenvalue weighted by atomic mass is 10.1. The van der Waals surface area contributed by atoms with E-state index in [0.29, 0.717) is 17.9 Å². The number of nitrogens with zero attached hydrogens (tertiary/aromatic N) is 1. The van der Waals surface area contributed by atoms with E-state index < -0.39 is 0 Å². The summed E-state index contributed by atoms with van der Waals surface area (Å²) in [4.78, 5) is 4.74. The Morgan fingerprint density at radius 3 is 2.92 bits per heavy atom. The van der Waals surface area contributed by atoms with Gasteiger partial charge in [-0.3, -0.25) is 0 Å². The molecule has 5 nitrogen and oxygen atoms in total. The summed E-state index contributed by atoms with van der Waals surface area (Å²) < 4.78 is 11.1. The van der Waals surface area contributed by atoms with Crippen LogP contribution in [0.2, 0.25) is 0 Å². The van der Waals surface area contributed by atoms with Gasteiger partial charge in [0.05, 0.1) is 13.2 Å². The first kappa shape index (κ1) is 20.9. The molecule has 0 saturated carbocycles. The Kier molecular flexibility index (Phi) is 9.12. The summed E-state index contributed by atoms with van der Waals surface area (Å²) >= 11 is 2.06. The van der Waals surface area contributed by atoms with Crippen molar-refractivity contribution in [2.75, 3.05) is 39.2 Å². The average Bonchev–Trinajstić information content (AvgIpc) is 3.08. The van der Waals surface area contributed by atoms with Crippen LogP contribution in [0.4, 0.5) is 0 Å². The third kappa shape index (κ3) is 7.46. The van der Waals surface area contributed by atoms with E-state index in [0.717, 1.165) is 43.4 Å². The second kappa shape index (κ2) is 11.3. The highest BCUT2D eigenvalue weighted by atomic mass is 32.2. The van der Waals surface area contributed by atoms with Gasteiger partial charge in [-0.2, -0.15) is 11.8 Å². The molecular formula is C20H33N3O2S. The maximum Gasteiger partial charge on any atom is 0.191 e. The first-order valence-electron chi connectivity index (χ1n) is 9.52. The van der Waals surface area contributed by atoms with E-state index in [1.165, 1.54) is 18.6 Å². The van der Waals surface area contributed by atoms with Crippen LogP contribution in [0.3, 0.4) is 0 Å². The van der Waals surface area contributed by atoms with Crippen LogP contribution in [0, 0.1) is 0 Å². The zero-order valence-corrected chi connectivity index (χ0v) is 17.2. The average molecular weight is 380 g/mol. The molecule has 0 amide bonds. The number of nitrogens with one attached hydrogen (secondary N) is 2. The number of ether oxygens (including phenoxy) is 2. The van der Waals surface area contributed by atoms with Crippen LogP contribution in [-0.4, -0.2) is 49.9 Å². The number of thioether (sulfide) groups is 1. The second-order valence-corrected chi connectivity index (χ2v) is 8.48. The molecule has 1 fully saturated rings. The molecule has 1 aliphatic rings. The van der Waals surface area contributed by atoms with Gasteiger partial charge in [0.15, 0.2) is 5.96 Å². The molecule has 146 valence electrons. The molecule has 1 unspecified atom stereocenters. The van der Waals surface area contributed by atoms with E-state index in [2.05, 4.69) is 48.4 Å². The summed E-state index contributed by atoms with van der Waals surface area (Å²) in [5, 5.41) is 6.85. The fraction of sp³-hybridized carbons (Fsp3) is 0.650. The molecule has 26 heavy (non-hydrogen) atoms. The van der Waals surface area contributed by atoms with Crippen molar-refractivity contribution in [1.82, 2.24) is 10.6 Å². The zero-order valence-electron chi connectivity index (χ0n) is 16.3. The number of rotatable bonds is 10. The van der Waals surface area contributed by atoms with Gasteiger partial charge in [0.25, 0.3) is 0 Å². The fourth-order valence-corrected chi connectivity index (χ4v) is 4.13. The molecule has 2 rings (SSSR count). The largest absolute Gasteiger partial charge is 0.493 e. The Hall–Kier alpha value is -1.40. The smallest absolute Gasteiger partial charge is 0.191 e. The molecule has 1 saturated heterocycles. The number of guanidine groups is 1. The fourth-order valence-electron chi connectivity index (χ4n) is 2.89. The van der Waals surface area contributed by atoms with Crippen molar-refractivity contribution in [1.29, 1.82) is 0 Å². The minimum atomic E-state index is 0.326. The molecule has 6 heteroatoms. The van der Waals surface area contributed by atoms with Gasteiger partial charge in [0, 0.05) is 38.0 Å². The summed E-state index contributed by atoms with van der Waals surface area (Å²) in [6, 6.07) is 8.16. The van der Waals surface area contributed by atoms with Crippen molar-refractivity contribution in [2.45, 2.75) is 44.4 Å². The molecule has 1 heterocycles. The van der Waals surface area contributed by atoms with Gasteiger partial charge in [-0.15, -0.1) is 0 Å². The predicted molar refractivity (Wildman–Crippen MR) is 111 cm³/mol. The van der Waals surface area contributed by atoms with Crippen LogP contribution in [0.15, 0.2) is 29.3 Å². The topological polar surface area (TPSA) is 54.9 Å². The molecule has 2 N–H and O–H groups in total. The summed E-state index contributed by atoms with van der Waals surface area (Å²) in [6.07, 6.45) is 3.48. The van der Waals surface area contributed by atoms with Crippen molar-refractivity contribution in [2.24, 2.45) is 4.99 Å². The van der Waals surface area contributed by atoms with Gasteiger partial charge in [0.2, 0.25) is 0 Å². The molecule has 1 atom stereocenters. The maximum atomic E-state index is 5.77. The highest BCUT2D eigenvalue weighted by Crippen LogP contribution is 2.36. The van der Waals surface area contributed by atoms with Crippen LogP contribution >= 0.6 is 11.8 Å². The third-order valence-corrected chi connectivity index (χ3v) is 5.89. The van der Waals surface area contributed by atoms with Crippen molar-refractivity contribution >= 4 is 17.7 Å². The minimum Gasteiger partial charge on any atom is -0.493 e. The van der Waals surface area contributed by atoms with Gasteiger partial charge in [-0.05, 0) is 50.1 Å². The SMILES string of the molecule is CCNC(=NCc1cccc(OCCCOC)c1)NCC1(C)CCCS1. The van der Waals surface area contributed by atoms with Gasteiger partial charge >= 0.3 is 0 Å². The lowest BCUT2D eigenvalue weighted by Gasteiger charge is -2.24. The number of benzene rings is 1. The van der Waals surface area contributed by atoms with E-state index in [1.54, 1.807) is 7.11 Å². The monoisotopic (exact) mass is 379 g/mol. The Labute approximate surface area is 162 Å². The van der Waals surface area contributed by atoms with Gasteiger partial charge < -0.3 is 20.1 Å². The summed E-state index contributed by atoms with van der Waals surface area (Å²) in [5.41, 5.74) is 1.15. The molecular weight excluding hydrogens is 346 g/mol. The van der Waals surface area contributed by atoms with E-state index in [9.17, 15) is 0 Å². The molecule has 0 aliphatic carbocycles. The lowest BCUT2D eigenvalue weighted by molar-refractivity contribution is 0.172. The molecule has 0 spiro atoms. The van der Waals surface area contributed by atoms with Gasteiger partial charge in [-0.25, -0.2) is 4.99 Å². The van der Waals surface area contributed by atoms with Crippen LogP contribution < -0.4 is 15.4 Å².